The molecule has 2 nitrogen and oxygen atoms in total. The number of nitrogens with zero attached hydrogens (tertiary/aromatic N) is 1. The van der Waals surface area contributed by atoms with Gasteiger partial charge in [0.2, 0.25) is 0 Å². The largest absolute Gasteiger partial charge is 0.392 e. The number of aliphatic hydroxyl groups is 1. The van der Waals surface area contributed by atoms with Gasteiger partial charge in [0.25, 0.3) is 0 Å². The normalized spacial score (nSPS) is 15.0. The molecule has 112 valence electrons. The van der Waals surface area contributed by atoms with Crippen LogP contribution in [0.4, 0.5) is 13.2 Å². The third-order valence-corrected chi connectivity index (χ3v) is 2.56. The van der Waals surface area contributed by atoms with Gasteiger partial charge < -0.3 is 5.11 Å². The lowest BCUT2D eigenvalue weighted by molar-refractivity contribution is -0.125. The Kier molecular flexibility index (Phi) is 9.00. The summed E-state index contributed by atoms with van der Waals surface area (Å²) in [6, 6.07) is 0. The third-order valence-electron chi connectivity index (χ3n) is 2.16. The Morgan fingerprint density at radius 2 is 2.05 bits per heavy atom. The van der Waals surface area contributed by atoms with E-state index < -0.39 is 12.6 Å². The van der Waals surface area contributed by atoms with Crippen LogP contribution in [-0.2, 0) is 0 Å². The van der Waals surface area contributed by atoms with Crippen LogP contribution in [0.2, 0.25) is 0 Å². The highest BCUT2D eigenvalue weighted by atomic mass is 32.1. The number of aliphatic imine (C=N–C) groups is 1. The summed E-state index contributed by atoms with van der Waals surface area (Å²) in [6.07, 6.45) is 2.09. The quantitative estimate of drug-likeness (QED) is 0.412. The monoisotopic (exact) mass is 305 g/mol. The molecule has 0 spiro atoms. The van der Waals surface area contributed by atoms with Gasteiger partial charge in [-0.15, -0.1) is 12.6 Å². The van der Waals surface area contributed by atoms with Crippen molar-refractivity contribution in [1.29, 1.82) is 0 Å². The van der Waals surface area contributed by atoms with Crippen LogP contribution in [-0.4, -0.2) is 24.1 Å². The zero-order chi connectivity index (χ0) is 15.6. The van der Waals surface area contributed by atoms with E-state index in [1.807, 2.05) is 6.92 Å². The van der Waals surface area contributed by atoms with Crippen molar-refractivity contribution in [3.63, 3.8) is 0 Å². The molecule has 0 unspecified atom stereocenters. The molecule has 0 amide bonds. The fourth-order valence-electron chi connectivity index (χ4n) is 1.22. The van der Waals surface area contributed by atoms with Gasteiger partial charge in [-0.05, 0) is 12.0 Å². The van der Waals surface area contributed by atoms with Gasteiger partial charge in [0.15, 0.2) is 0 Å². The highest BCUT2D eigenvalue weighted by Gasteiger charge is 2.24. The molecule has 0 aliphatic carbocycles. The predicted molar refractivity (Wildman–Crippen MR) is 80.0 cm³/mol. The van der Waals surface area contributed by atoms with Crippen molar-refractivity contribution in [3.8, 4) is 0 Å². The Morgan fingerprint density at radius 1 is 1.40 bits per heavy atom. The Hall–Kier alpha value is -1.27. The number of alkyl halides is 3. The molecule has 1 N–H and O–H groups in total. The molecular weight excluding hydrogens is 287 g/mol. The summed E-state index contributed by atoms with van der Waals surface area (Å²) in [5, 5.41) is 8.96. The van der Waals surface area contributed by atoms with Crippen LogP contribution in [0.1, 0.15) is 19.8 Å². The van der Waals surface area contributed by atoms with Crippen LogP contribution >= 0.6 is 12.6 Å². The third kappa shape index (κ3) is 8.77. The highest BCUT2D eigenvalue weighted by Crippen LogP contribution is 2.20. The average molecular weight is 305 g/mol. The lowest BCUT2D eigenvalue weighted by Gasteiger charge is -2.02. The first-order valence-electron chi connectivity index (χ1n) is 5.96. The van der Waals surface area contributed by atoms with E-state index in [2.05, 4.69) is 24.2 Å². The molecule has 6 heteroatoms. The summed E-state index contributed by atoms with van der Waals surface area (Å²) in [5.41, 5.74) is 1.06. The van der Waals surface area contributed by atoms with Gasteiger partial charge in [-0.25, -0.2) is 0 Å². The number of rotatable bonds is 7. The summed E-state index contributed by atoms with van der Waals surface area (Å²) < 4.78 is 36.1. The van der Waals surface area contributed by atoms with Crippen LogP contribution < -0.4 is 0 Å². The SMILES string of the molecule is C=C/C=C(\C=C/CC(F)(F)F)/C=N/C(CC)=C(\S)CO. The van der Waals surface area contributed by atoms with Crippen LogP contribution in [0.15, 0.2) is 52.1 Å². The predicted octanol–water partition coefficient (Wildman–Crippen LogP) is 4.22. The standard InChI is InChI=1S/C14H18F3NOS/c1-3-6-11(7-5-8-14(15,16)17)9-18-12(4-2)13(20)10-19/h3,5-7,9,19-20H,1,4,8,10H2,2H3/b7-5-,11-6+,13-12-,18-9+. The first-order chi connectivity index (χ1) is 9.34. The van der Waals surface area contributed by atoms with Crippen molar-refractivity contribution in [2.45, 2.75) is 25.9 Å². The molecule has 0 radical (unpaired) electrons. The topological polar surface area (TPSA) is 32.6 Å². The first-order valence-corrected chi connectivity index (χ1v) is 6.40. The molecule has 0 aliphatic rings. The molecule has 0 aliphatic heterocycles. The molecule has 0 bridgehead atoms. The van der Waals surface area contributed by atoms with E-state index in [9.17, 15) is 13.2 Å². The fourth-order valence-corrected chi connectivity index (χ4v) is 1.44. The highest BCUT2D eigenvalue weighted by molar-refractivity contribution is 7.84. The van der Waals surface area contributed by atoms with Gasteiger partial charge in [0.1, 0.15) is 0 Å². The summed E-state index contributed by atoms with van der Waals surface area (Å²) >= 11 is 4.08. The number of hydrogen-bond donors (Lipinski definition) is 2. The number of hydrogen-bond acceptors (Lipinski definition) is 3. The Bertz CT molecular complexity index is 434. The molecule has 0 heterocycles. The van der Waals surface area contributed by atoms with E-state index in [1.165, 1.54) is 18.4 Å². The van der Waals surface area contributed by atoms with Crippen molar-refractivity contribution in [2.75, 3.05) is 6.61 Å². The molecule has 0 saturated heterocycles. The smallest absolute Gasteiger partial charge is 0.391 e. The number of thiol groups is 1. The minimum atomic E-state index is -4.23. The Labute approximate surface area is 122 Å². The van der Waals surface area contributed by atoms with E-state index >= 15 is 0 Å². The van der Waals surface area contributed by atoms with Gasteiger partial charge in [-0.2, -0.15) is 13.2 Å². The molecular formula is C14H18F3NOS. The first kappa shape index (κ1) is 18.7. The maximum absolute atomic E-state index is 12.0. The molecule has 20 heavy (non-hydrogen) atoms. The van der Waals surface area contributed by atoms with E-state index in [0.29, 0.717) is 22.6 Å². The van der Waals surface area contributed by atoms with Gasteiger partial charge in [-0.1, -0.05) is 37.8 Å². The lowest BCUT2D eigenvalue weighted by atomic mass is 10.2. The molecule has 0 aromatic carbocycles. The summed E-state index contributed by atoms with van der Waals surface area (Å²) in [6.45, 7) is 5.11. The van der Waals surface area contributed by atoms with Gasteiger partial charge in [0.05, 0.1) is 18.7 Å². The number of allylic oxidation sites excluding steroid dienone is 6. The van der Waals surface area contributed by atoms with Crippen molar-refractivity contribution >= 4 is 18.8 Å². The summed E-state index contributed by atoms with van der Waals surface area (Å²) in [4.78, 5) is 4.55. The molecule has 0 aromatic rings. The van der Waals surface area contributed by atoms with Crippen LogP contribution in [0.5, 0.6) is 0 Å². The van der Waals surface area contributed by atoms with E-state index in [4.69, 9.17) is 5.11 Å². The van der Waals surface area contributed by atoms with Gasteiger partial charge >= 0.3 is 6.18 Å². The molecule has 0 saturated carbocycles. The summed E-state index contributed by atoms with van der Waals surface area (Å²) in [7, 11) is 0. The van der Waals surface area contributed by atoms with Crippen LogP contribution in [0, 0.1) is 0 Å². The van der Waals surface area contributed by atoms with Crippen LogP contribution in [0.3, 0.4) is 0 Å². The van der Waals surface area contributed by atoms with Gasteiger partial charge in [0, 0.05) is 11.1 Å². The molecule has 0 rings (SSSR count). The van der Waals surface area contributed by atoms with E-state index in [1.54, 1.807) is 6.08 Å². The van der Waals surface area contributed by atoms with Crippen LogP contribution in [0.25, 0.3) is 0 Å². The maximum Gasteiger partial charge on any atom is 0.392 e. The average Bonchev–Trinajstić information content (AvgIpc) is 2.37. The van der Waals surface area contributed by atoms with Crippen molar-refractivity contribution in [2.24, 2.45) is 4.99 Å². The Morgan fingerprint density at radius 3 is 2.50 bits per heavy atom. The molecule has 0 fully saturated rings. The molecule has 0 aromatic heterocycles. The zero-order valence-electron chi connectivity index (χ0n) is 11.2. The minimum absolute atomic E-state index is 0.228. The minimum Gasteiger partial charge on any atom is -0.391 e. The second-order valence-corrected chi connectivity index (χ2v) is 4.33. The second kappa shape index (κ2) is 9.61. The van der Waals surface area contributed by atoms with E-state index in [-0.39, 0.29) is 6.61 Å². The number of halogens is 3. The lowest BCUT2D eigenvalue weighted by Crippen LogP contribution is -2.04. The number of aliphatic hydroxyl groups excluding tert-OH is 1. The maximum atomic E-state index is 12.0. The fraction of sp³-hybridized carbons (Fsp3) is 0.357. The van der Waals surface area contributed by atoms with Crippen molar-refractivity contribution in [3.05, 3.63) is 47.1 Å². The van der Waals surface area contributed by atoms with E-state index in [0.717, 1.165) is 6.08 Å². The second-order valence-electron chi connectivity index (χ2n) is 3.79. The van der Waals surface area contributed by atoms with Gasteiger partial charge in [-0.3, -0.25) is 4.99 Å². The Balaban J connectivity index is 4.97. The summed E-state index contributed by atoms with van der Waals surface area (Å²) in [5.74, 6) is 0. The molecule has 0 atom stereocenters. The zero-order valence-corrected chi connectivity index (χ0v) is 12.1. The van der Waals surface area contributed by atoms with Crippen molar-refractivity contribution in [1.82, 2.24) is 0 Å². The van der Waals surface area contributed by atoms with Crippen molar-refractivity contribution < 1.29 is 18.3 Å².